The van der Waals surface area contributed by atoms with Gasteiger partial charge < -0.3 is 9.84 Å². The molecule has 0 radical (unpaired) electrons. The molecule has 0 aromatic heterocycles. The quantitative estimate of drug-likeness (QED) is 0.460. The molecule has 0 aliphatic heterocycles. The van der Waals surface area contributed by atoms with Crippen molar-refractivity contribution < 1.29 is 41.0 Å². The number of aliphatic hydroxyl groups is 1. The minimum absolute atomic E-state index is 0.0500. The Labute approximate surface area is 141 Å². The fourth-order valence-electron chi connectivity index (χ4n) is 4.21. The third-order valence-corrected chi connectivity index (χ3v) is 5.62. The Balaban J connectivity index is 2.13. The fraction of sp³-hybridized carbons (Fsp3) is 0.812. The van der Waals surface area contributed by atoms with E-state index in [1.165, 1.54) is 6.92 Å². The summed E-state index contributed by atoms with van der Waals surface area (Å²) in [6.45, 7) is 6.62. The molecule has 0 aromatic rings. The largest absolute Gasteiger partial charge is 0.459 e. The van der Waals surface area contributed by atoms with Crippen LogP contribution in [0.3, 0.4) is 0 Å². The molecule has 144 valence electrons. The lowest BCUT2D eigenvalue weighted by Gasteiger charge is -2.37. The highest BCUT2D eigenvalue weighted by atomic mass is 19.4. The molecule has 0 amide bonds. The van der Waals surface area contributed by atoms with Gasteiger partial charge in [-0.05, 0) is 49.9 Å². The van der Waals surface area contributed by atoms with Crippen LogP contribution in [0.2, 0.25) is 0 Å². The Kier molecular flexibility index (Phi) is 4.96. The summed E-state index contributed by atoms with van der Waals surface area (Å²) in [6, 6.07) is 0. The standard InChI is InChI=1S/C16H20F6O3/c1-7(2)13(23)25-12-5-10-8(3)11(12)4-9(10)6-14(24,15(17,18)19)16(20,21)22/h8-12,24H,1,4-6H2,2-3H3/t8-,9?,10?,11?,12?/m1/s1. The van der Waals surface area contributed by atoms with Crippen molar-refractivity contribution in [1.82, 2.24) is 0 Å². The molecule has 2 aliphatic carbocycles. The predicted molar refractivity (Wildman–Crippen MR) is 75.2 cm³/mol. The van der Waals surface area contributed by atoms with E-state index in [0.717, 1.165) is 0 Å². The minimum atomic E-state index is -5.80. The van der Waals surface area contributed by atoms with Crippen LogP contribution in [0.15, 0.2) is 12.2 Å². The van der Waals surface area contributed by atoms with Gasteiger partial charge in [-0.3, -0.25) is 0 Å². The second-order valence-electron chi connectivity index (χ2n) is 7.20. The number of ether oxygens (including phenoxy) is 1. The van der Waals surface area contributed by atoms with E-state index in [-0.39, 0.29) is 30.3 Å². The summed E-state index contributed by atoms with van der Waals surface area (Å²) in [6.07, 6.45) is -13.3. The molecule has 1 N–H and O–H groups in total. The molecule has 2 aliphatic rings. The smallest absolute Gasteiger partial charge is 0.426 e. The van der Waals surface area contributed by atoms with E-state index >= 15 is 0 Å². The van der Waals surface area contributed by atoms with Crippen molar-refractivity contribution in [3.05, 3.63) is 12.2 Å². The number of rotatable bonds is 4. The summed E-state index contributed by atoms with van der Waals surface area (Å²) in [5, 5.41) is 9.40. The van der Waals surface area contributed by atoms with Crippen LogP contribution in [-0.4, -0.2) is 35.1 Å². The van der Waals surface area contributed by atoms with Gasteiger partial charge in [-0.25, -0.2) is 4.79 Å². The molecule has 0 heterocycles. The Morgan fingerprint density at radius 1 is 1.12 bits per heavy atom. The van der Waals surface area contributed by atoms with Crippen molar-refractivity contribution in [3.63, 3.8) is 0 Å². The third-order valence-electron chi connectivity index (χ3n) is 5.62. The van der Waals surface area contributed by atoms with Gasteiger partial charge in [-0.15, -0.1) is 0 Å². The summed E-state index contributed by atoms with van der Waals surface area (Å²) in [4.78, 5) is 11.6. The summed E-state index contributed by atoms with van der Waals surface area (Å²) in [5.41, 5.74) is -4.55. The van der Waals surface area contributed by atoms with Crippen LogP contribution in [0.25, 0.3) is 0 Å². The van der Waals surface area contributed by atoms with Crippen LogP contribution in [0.1, 0.15) is 33.1 Å². The van der Waals surface area contributed by atoms with E-state index in [0.29, 0.717) is 0 Å². The molecule has 4 unspecified atom stereocenters. The first-order valence-corrected chi connectivity index (χ1v) is 7.91. The number of carbonyl (C=O) groups excluding carboxylic acids is 1. The number of halogens is 6. The van der Waals surface area contributed by atoms with Gasteiger partial charge in [0.05, 0.1) is 0 Å². The van der Waals surface area contributed by atoms with Gasteiger partial charge >= 0.3 is 18.3 Å². The molecule has 2 fully saturated rings. The molecule has 2 rings (SSSR count). The first-order valence-electron chi connectivity index (χ1n) is 7.91. The van der Waals surface area contributed by atoms with Crippen molar-refractivity contribution in [2.24, 2.45) is 23.7 Å². The van der Waals surface area contributed by atoms with Crippen LogP contribution in [0.4, 0.5) is 26.3 Å². The van der Waals surface area contributed by atoms with Gasteiger partial charge in [0.25, 0.3) is 5.60 Å². The summed E-state index contributed by atoms with van der Waals surface area (Å²) in [5.74, 6) is -2.52. The minimum Gasteiger partial charge on any atom is -0.459 e. The molecule has 0 spiro atoms. The zero-order valence-corrected chi connectivity index (χ0v) is 13.7. The highest BCUT2D eigenvalue weighted by Crippen LogP contribution is 2.58. The number of hydrogen-bond acceptors (Lipinski definition) is 3. The molecule has 5 atom stereocenters. The Morgan fingerprint density at radius 3 is 2.00 bits per heavy atom. The summed E-state index contributed by atoms with van der Waals surface area (Å²) in [7, 11) is 0. The number of hydrogen-bond donors (Lipinski definition) is 1. The summed E-state index contributed by atoms with van der Waals surface area (Å²) >= 11 is 0. The van der Waals surface area contributed by atoms with Gasteiger partial charge in [0.1, 0.15) is 6.10 Å². The van der Waals surface area contributed by atoms with Gasteiger partial charge in [0.15, 0.2) is 0 Å². The maximum Gasteiger partial charge on any atom is 0.426 e. The van der Waals surface area contributed by atoms with E-state index in [9.17, 15) is 36.2 Å². The van der Waals surface area contributed by atoms with E-state index in [1.54, 1.807) is 6.92 Å². The molecule has 0 saturated heterocycles. The van der Waals surface area contributed by atoms with Crippen molar-refractivity contribution >= 4 is 5.97 Å². The number of esters is 1. The molecule has 2 bridgehead atoms. The average molecular weight is 374 g/mol. The topological polar surface area (TPSA) is 46.5 Å². The molecule has 25 heavy (non-hydrogen) atoms. The predicted octanol–water partition coefficient (Wildman–Crippen LogP) is 4.01. The zero-order chi connectivity index (χ0) is 19.4. The lowest BCUT2D eigenvalue weighted by Crippen LogP contribution is -2.58. The van der Waals surface area contributed by atoms with Gasteiger partial charge in [-0.2, -0.15) is 26.3 Å². The average Bonchev–Trinajstić information content (AvgIpc) is 2.88. The van der Waals surface area contributed by atoms with Gasteiger partial charge in [-0.1, -0.05) is 13.5 Å². The van der Waals surface area contributed by atoms with Crippen molar-refractivity contribution in [2.45, 2.75) is 57.2 Å². The fourth-order valence-corrected chi connectivity index (χ4v) is 4.21. The molecular weight excluding hydrogens is 354 g/mol. The van der Waals surface area contributed by atoms with Crippen LogP contribution in [0.5, 0.6) is 0 Å². The Hall–Kier alpha value is -1.25. The first-order chi connectivity index (χ1) is 11.2. The zero-order valence-electron chi connectivity index (χ0n) is 13.7. The molecule has 0 aromatic carbocycles. The first kappa shape index (κ1) is 20.1. The van der Waals surface area contributed by atoms with E-state index in [2.05, 4.69) is 6.58 Å². The van der Waals surface area contributed by atoms with Crippen molar-refractivity contribution in [2.75, 3.05) is 0 Å². The maximum absolute atomic E-state index is 12.9. The maximum atomic E-state index is 12.9. The van der Waals surface area contributed by atoms with Gasteiger partial charge in [0.2, 0.25) is 0 Å². The van der Waals surface area contributed by atoms with E-state index in [4.69, 9.17) is 4.74 Å². The Bertz CT molecular complexity index is 539. The van der Waals surface area contributed by atoms with Crippen molar-refractivity contribution in [1.29, 1.82) is 0 Å². The second-order valence-corrected chi connectivity index (χ2v) is 7.20. The summed E-state index contributed by atoms with van der Waals surface area (Å²) < 4.78 is 82.5. The lowest BCUT2D eigenvalue weighted by molar-refractivity contribution is -0.373. The SMILES string of the molecule is C=C(C)C(=O)OC1CC2C(CC(O)(C(F)(F)F)C(F)(F)F)CC1[C@@H]2C. The van der Waals surface area contributed by atoms with E-state index in [1.807, 2.05) is 0 Å². The Morgan fingerprint density at radius 2 is 1.64 bits per heavy atom. The van der Waals surface area contributed by atoms with Crippen LogP contribution < -0.4 is 0 Å². The third kappa shape index (κ3) is 3.39. The highest BCUT2D eigenvalue weighted by Gasteiger charge is 2.71. The second kappa shape index (κ2) is 6.17. The normalized spacial score (nSPS) is 32.8. The molecular formula is C16H20F6O3. The lowest BCUT2D eigenvalue weighted by atomic mass is 9.78. The molecule has 3 nitrogen and oxygen atoms in total. The van der Waals surface area contributed by atoms with Crippen LogP contribution in [0, 0.1) is 23.7 Å². The number of carbonyl (C=O) groups is 1. The monoisotopic (exact) mass is 374 g/mol. The number of alkyl halides is 6. The van der Waals surface area contributed by atoms with Crippen LogP contribution in [-0.2, 0) is 9.53 Å². The number of fused-ring (bicyclic) bond motifs is 2. The van der Waals surface area contributed by atoms with Gasteiger partial charge in [0, 0.05) is 5.57 Å². The molecule has 2 saturated carbocycles. The van der Waals surface area contributed by atoms with Crippen LogP contribution >= 0.6 is 0 Å². The highest BCUT2D eigenvalue weighted by molar-refractivity contribution is 5.87. The van der Waals surface area contributed by atoms with Crippen molar-refractivity contribution in [3.8, 4) is 0 Å². The molecule has 9 heteroatoms. The van der Waals surface area contributed by atoms with E-state index < -0.39 is 48.3 Å².